The molecule has 1 amide bonds. The number of nitrogens with one attached hydrogen (secondary N) is 2. The summed E-state index contributed by atoms with van der Waals surface area (Å²) in [4.78, 5) is 11.5. The highest BCUT2D eigenvalue weighted by molar-refractivity contribution is 9.10. The Morgan fingerprint density at radius 3 is 2.47 bits per heavy atom. The number of amides is 1. The van der Waals surface area contributed by atoms with Gasteiger partial charge in [-0.15, -0.1) is 0 Å². The molecule has 1 atom stereocenters. The summed E-state index contributed by atoms with van der Waals surface area (Å²) in [5.74, 6) is 0.125. The normalized spacial score (nSPS) is 12.2. The van der Waals surface area contributed by atoms with Crippen LogP contribution in [0.15, 0.2) is 28.7 Å². The van der Waals surface area contributed by atoms with Crippen LogP contribution in [0, 0.1) is 0 Å². The third-order valence-corrected chi connectivity index (χ3v) is 3.52. The summed E-state index contributed by atoms with van der Waals surface area (Å²) in [7, 11) is 0. The molecule has 4 heteroatoms. The maximum absolute atomic E-state index is 11.5. The second-order valence-corrected chi connectivity index (χ2v) is 5.48. The monoisotopic (exact) mass is 326 g/mol. The van der Waals surface area contributed by atoms with Crippen molar-refractivity contribution in [3.63, 3.8) is 0 Å². The van der Waals surface area contributed by atoms with E-state index in [0.717, 1.165) is 23.9 Å². The van der Waals surface area contributed by atoms with Crippen LogP contribution in [0.5, 0.6) is 0 Å². The van der Waals surface area contributed by atoms with E-state index in [1.807, 2.05) is 12.1 Å². The molecule has 0 saturated heterocycles. The fourth-order valence-electron chi connectivity index (χ4n) is 1.91. The average Bonchev–Trinajstić information content (AvgIpc) is 2.42. The van der Waals surface area contributed by atoms with Crippen molar-refractivity contribution in [2.75, 3.05) is 13.1 Å². The van der Waals surface area contributed by atoms with Crippen LogP contribution in [0.1, 0.15) is 44.7 Å². The van der Waals surface area contributed by atoms with E-state index in [9.17, 15) is 4.79 Å². The molecule has 0 aromatic heterocycles. The largest absolute Gasteiger partial charge is 0.356 e. The van der Waals surface area contributed by atoms with Crippen LogP contribution in [0.4, 0.5) is 0 Å². The third kappa shape index (κ3) is 6.21. The van der Waals surface area contributed by atoms with Gasteiger partial charge in [-0.1, -0.05) is 41.9 Å². The van der Waals surface area contributed by atoms with Gasteiger partial charge in [-0.25, -0.2) is 0 Å². The zero-order valence-electron chi connectivity index (χ0n) is 11.7. The van der Waals surface area contributed by atoms with Crippen LogP contribution in [0.2, 0.25) is 0 Å². The lowest BCUT2D eigenvalue weighted by molar-refractivity contribution is -0.121. The fourth-order valence-corrected chi connectivity index (χ4v) is 2.17. The van der Waals surface area contributed by atoms with Gasteiger partial charge in [0.25, 0.3) is 0 Å². The lowest BCUT2D eigenvalue weighted by Crippen LogP contribution is -2.29. The highest BCUT2D eigenvalue weighted by atomic mass is 79.9. The van der Waals surface area contributed by atoms with Crippen molar-refractivity contribution in [2.24, 2.45) is 0 Å². The van der Waals surface area contributed by atoms with Crippen molar-refractivity contribution in [1.82, 2.24) is 10.6 Å². The lowest BCUT2D eigenvalue weighted by Gasteiger charge is -2.17. The van der Waals surface area contributed by atoms with Crippen LogP contribution < -0.4 is 10.6 Å². The van der Waals surface area contributed by atoms with Gasteiger partial charge in [0.05, 0.1) is 0 Å². The number of carbonyl (C=O) groups excluding carboxylic acids is 1. The number of hydrogen-bond donors (Lipinski definition) is 2. The van der Waals surface area contributed by atoms with E-state index in [2.05, 4.69) is 52.5 Å². The highest BCUT2D eigenvalue weighted by Gasteiger charge is 2.09. The molecule has 3 nitrogen and oxygen atoms in total. The first-order valence-electron chi connectivity index (χ1n) is 6.92. The molecular formula is C15H23BrN2O. The standard InChI is InChI=1S/C15H23BrN2O/c1-3-10-18-15(19)9-11-17-14(4-2)12-5-7-13(16)8-6-12/h5-8,14,17H,3-4,9-11H2,1-2H3,(H,18,19). The van der Waals surface area contributed by atoms with E-state index in [0.29, 0.717) is 19.0 Å². The Labute approximate surface area is 124 Å². The van der Waals surface area contributed by atoms with Gasteiger partial charge < -0.3 is 10.6 Å². The summed E-state index contributed by atoms with van der Waals surface area (Å²) in [6, 6.07) is 8.64. The predicted octanol–water partition coefficient (Wildman–Crippen LogP) is 3.41. The first-order chi connectivity index (χ1) is 9.17. The molecule has 1 unspecified atom stereocenters. The Bertz CT molecular complexity index is 378. The van der Waals surface area contributed by atoms with Gasteiger partial charge in [0.1, 0.15) is 0 Å². The molecule has 0 spiro atoms. The quantitative estimate of drug-likeness (QED) is 0.768. The molecule has 1 aromatic rings. The third-order valence-electron chi connectivity index (χ3n) is 3.00. The van der Waals surface area contributed by atoms with E-state index in [1.165, 1.54) is 5.56 Å². The van der Waals surface area contributed by atoms with Crippen molar-refractivity contribution < 1.29 is 4.79 Å². The molecule has 0 aliphatic heterocycles. The average molecular weight is 327 g/mol. The summed E-state index contributed by atoms with van der Waals surface area (Å²) in [6.45, 7) is 5.68. The van der Waals surface area contributed by atoms with Gasteiger partial charge in [0.2, 0.25) is 5.91 Å². The molecule has 0 heterocycles. The zero-order valence-corrected chi connectivity index (χ0v) is 13.3. The maximum Gasteiger partial charge on any atom is 0.221 e. The molecule has 1 rings (SSSR count). The number of rotatable bonds is 8. The van der Waals surface area contributed by atoms with Gasteiger partial charge in [-0.3, -0.25) is 4.79 Å². The molecule has 0 aliphatic rings. The molecule has 0 radical (unpaired) electrons. The summed E-state index contributed by atoms with van der Waals surface area (Å²) in [6.07, 6.45) is 2.53. The van der Waals surface area contributed by atoms with Crippen LogP contribution >= 0.6 is 15.9 Å². The summed E-state index contributed by atoms with van der Waals surface area (Å²) < 4.78 is 1.09. The van der Waals surface area contributed by atoms with Gasteiger partial charge in [0, 0.05) is 30.0 Å². The van der Waals surface area contributed by atoms with Crippen LogP contribution in [-0.2, 0) is 4.79 Å². The second kappa shape index (κ2) is 9.10. The predicted molar refractivity (Wildman–Crippen MR) is 83.1 cm³/mol. The first kappa shape index (κ1) is 16.2. The minimum absolute atomic E-state index is 0.125. The van der Waals surface area contributed by atoms with Crippen LogP contribution in [0.3, 0.4) is 0 Å². The molecule has 1 aromatic carbocycles. The molecule has 0 bridgehead atoms. The minimum atomic E-state index is 0.125. The smallest absolute Gasteiger partial charge is 0.221 e. The summed E-state index contributed by atoms with van der Waals surface area (Å²) in [5, 5.41) is 6.32. The Balaban J connectivity index is 2.37. The van der Waals surface area contributed by atoms with Gasteiger partial charge in [-0.2, -0.15) is 0 Å². The Morgan fingerprint density at radius 2 is 1.89 bits per heavy atom. The maximum atomic E-state index is 11.5. The van der Waals surface area contributed by atoms with Crippen molar-refractivity contribution in [1.29, 1.82) is 0 Å². The first-order valence-corrected chi connectivity index (χ1v) is 7.72. The van der Waals surface area contributed by atoms with Crippen molar-refractivity contribution in [3.8, 4) is 0 Å². The van der Waals surface area contributed by atoms with Crippen molar-refractivity contribution in [3.05, 3.63) is 34.3 Å². The molecule has 2 N–H and O–H groups in total. The van der Waals surface area contributed by atoms with Crippen molar-refractivity contribution >= 4 is 21.8 Å². The fraction of sp³-hybridized carbons (Fsp3) is 0.533. The van der Waals surface area contributed by atoms with E-state index >= 15 is 0 Å². The van der Waals surface area contributed by atoms with E-state index < -0.39 is 0 Å². The molecule has 106 valence electrons. The van der Waals surface area contributed by atoms with Gasteiger partial charge >= 0.3 is 0 Å². The Kier molecular flexibility index (Phi) is 7.75. The second-order valence-electron chi connectivity index (χ2n) is 4.57. The Hall–Kier alpha value is -0.870. The number of halogens is 1. The number of hydrogen-bond acceptors (Lipinski definition) is 2. The number of benzene rings is 1. The molecule has 0 fully saturated rings. The van der Waals surface area contributed by atoms with Crippen LogP contribution in [-0.4, -0.2) is 19.0 Å². The van der Waals surface area contributed by atoms with Gasteiger partial charge in [0.15, 0.2) is 0 Å². The van der Waals surface area contributed by atoms with E-state index in [4.69, 9.17) is 0 Å². The minimum Gasteiger partial charge on any atom is -0.356 e. The topological polar surface area (TPSA) is 41.1 Å². The van der Waals surface area contributed by atoms with Crippen molar-refractivity contribution in [2.45, 2.75) is 39.2 Å². The molecule has 0 aliphatic carbocycles. The molecule has 0 saturated carbocycles. The molecule has 19 heavy (non-hydrogen) atoms. The number of carbonyl (C=O) groups is 1. The highest BCUT2D eigenvalue weighted by Crippen LogP contribution is 2.19. The van der Waals surface area contributed by atoms with E-state index in [-0.39, 0.29) is 5.91 Å². The lowest BCUT2D eigenvalue weighted by atomic mass is 10.0. The molecular weight excluding hydrogens is 304 g/mol. The van der Waals surface area contributed by atoms with E-state index in [1.54, 1.807) is 0 Å². The zero-order chi connectivity index (χ0) is 14.1. The SMILES string of the molecule is CCCNC(=O)CCNC(CC)c1ccc(Br)cc1. The summed E-state index contributed by atoms with van der Waals surface area (Å²) in [5.41, 5.74) is 1.26. The summed E-state index contributed by atoms with van der Waals surface area (Å²) >= 11 is 3.44. The van der Waals surface area contributed by atoms with Gasteiger partial charge in [-0.05, 0) is 30.5 Å². The Morgan fingerprint density at radius 1 is 1.21 bits per heavy atom. The van der Waals surface area contributed by atoms with Crippen LogP contribution in [0.25, 0.3) is 0 Å².